The van der Waals surface area contributed by atoms with Gasteiger partial charge in [-0.05, 0) is 54.8 Å². The zero-order chi connectivity index (χ0) is 18.4. The van der Waals surface area contributed by atoms with Crippen LogP contribution in [0.1, 0.15) is 25.3 Å². The first-order valence-corrected chi connectivity index (χ1v) is 8.73. The fourth-order valence-corrected chi connectivity index (χ4v) is 2.95. The van der Waals surface area contributed by atoms with E-state index in [4.69, 9.17) is 9.15 Å². The maximum absolute atomic E-state index is 12.0. The number of aliphatic carboxylic acids is 1. The van der Waals surface area contributed by atoms with E-state index in [1.54, 1.807) is 18.4 Å². The molecule has 0 spiro atoms. The molecule has 1 atom stereocenters. The summed E-state index contributed by atoms with van der Waals surface area (Å²) >= 11 is 0. The van der Waals surface area contributed by atoms with Gasteiger partial charge in [-0.2, -0.15) is 0 Å². The molecule has 26 heavy (non-hydrogen) atoms. The molecule has 0 aliphatic rings. The van der Waals surface area contributed by atoms with Gasteiger partial charge in [0.25, 0.3) is 0 Å². The molecule has 0 aliphatic carbocycles. The quantitative estimate of drug-likeness (QED) is 0.607. The molecule has 0 aliphatic heterocycles. The Kier molecular flexibility index (Phi) is 5.42. The molecule has 134 valence electrons. The second-order valence-corrected chi connectivity index (χ2v) is 6.24. The number of aryl methyl sites for hydroxylation is 1. The molecule has 0 fully saturated rings. The van der Waals surface area contributed by atoms with E-state index in [-0.39, 0.29) is 0 Å². The van der Waals surface area contributed by atoms with E-state index >= 15 is 0 Å². The van der Waals surface area contributed by atoms with Crippen LogP contribution < -0.4 is 4.74 Å². The molecule has 0 bridgehead atoms. The summed E-state index contributed by atoms with van der Waals surface area (Å²) in [5, 5.41) is 9.83. The highest BCUT2D eigenvalue weighted by atomic mass is 16.5. The maximum atomic E-state index is 12.0. The van der Waals surface area contributed by atoms with Gasteiger partial charge in [0, 0.05) is 12.0 Å². The van der Waals surface area contributed by atoms with Crippen molar-refractivity contribution in [2.45, 2.75) is 31.8 Å². The number of rotatable bonds is 8. The fourth-order valence-electron chi connectivity index (χ4n) is 2.95. The first-order valence-electron chi connectivity index (χ1n) is 8.73. The minimum Gasteiger partial charge on any atom is -0.478 e. The summed E-state index contributed by atoms with van der Waals surface area (Å²) in [4.78, 5) is 12.0. The van der Waals surface area contributed by atoms with Gasteiger partial charge in [-0.3, -0.25) is 0 Å². The van der Waals surface area contributed by atoms with Crippen LogP contribution in [0.15, 0.2) is 77.4 Å². The summed E-state index contributed by atoms with van der Waals surface area (Å²) in [5.41, 5.74) is 0.773. The number of carbonyl (C=O) groups is 1. The van der Waals surface area contributed by atoms with Crippen molar-refractivity contribution >= 4 is 5.97 Å². The number of benzene rings is 2. The molecular weight excluding hydrogens is 328 g/mol. The van der Waals surface area contributed by atoms with Crippen molar-refractivity contribution in [3.8, 4) is 17.1 Å². The van der Waals surface area contributed by atoms with Crippen LogP contribution in [0, 0.1) is 0 Å². The monoisotopic (exact) mass is 350 g/mol. The molecule has 4 nitrogen and oxygen atoms in total. The lowest BCUT2D eigenvalue weighted by Gasteiger charge is -2.29. The number of carboxylic acid groups (broad SMARTS) is 1. The smallest absolute Gasteiger partial charge is 0.348 e. The molecule has 4 heteroatoms. The molecule has 2 aromatic carbocycles. The van der Waals surface area contributed by atoms with Crippen molar-refractivity contribution in [2.75, 3.05) is 0 Å². The van der Waals surface area contributed by atoms with Gasteiger partial charge in [0.05, 0.1) is 6.26 Å². The molecule has 0 unspecified atom stereocenters. The number of ether oxygens (including phenoxy) is 1. The minimum atomic E-state index is -1.25. The lowest BCUT2D eigenvalue weighted by Crippen LogP contribution is -2.44. The second-order valence-electron chi connectivity index (χ2n) is 6.24. The van der Waals surface area contributed by atoms with E-state index in [1.165, 1.54) is 0 Å². The summed E-state index contributed by atoms with van der Waals surface area (Å²) in [6.07, 6.45) is 3.05. The predicted octanol–water partition coefficient (Wildman–Crippen LogP) is 5.19. The SMILES string of the molecule is CC[C@@](CCc1ccccc1)(Oc1ccc(-c2ccco2)cc1)C(=O)O. The van der Waals surface area contributed by atoms with Gasteiger partial charge in [0.15, 0.2) is 0 Å². The van der Waals surface area contributed by atoms with Crippen molar-refractivity contribution in [3.05, 3.63) is 78.6 Å². The van der Waals surface area contributed by atoms with Crippen molar-refractivity contribution in [1.82, 2.24) is 0 Å². The third kappa shape index (κ3) is 3.97. The van der Waals surface area contributed by atoms with Gasteiger partial charge in [0.1, 0.15) is 11.5 Å². The van der Waals surface area contributed by atoms with Crippen LogP contribution in [0.2, 0.25) is 0 Å². The molecule has 3 rings (SSSR count). The third-order valence-corrected chi connectivity index (χ3v) is 4.59. The van der Waals surface area contributed by atoms with Gasteiger partial charge < -0.3 is 14.3 Å². The molecule has 0 saturated carbocycles. The average Bonchev–Trinajstić information content (AvgIpc) is 3.21. The van der Waals surface area contributed by atoms with Crippen LogP contribution in [-0.2, 0) is 11.2 Å². The first-order chi connectivity index (χ1) is 12.6. The summed E-state index contributed by atoms with van der Waals surface area (Å²) < 4.78 is 11.3. The minimum absolute atomic E-state index is 0.384. The van der Waals surface area contributed by atoms with E-state index in [9.17, 15) is 9.90 Å². The zero-order valence-electron chi connectivity index (χ0n) is 14.7. The highest BCUT2D eigenvalue weighted by Crippen LogP contribution is 2.29. The van der Waals surface area contributed by atoms with Crippen molar-refractivity contribution in [2.24, 2.45) is 0 Å². The van der Waals surface area contributed by atoms with E-state index < -0.39 is 11.6 Å². The Balaban J connectivity index is 1.76. The predicted molar refractivity (Wildman–Crippen MR) is 100 cm³/mol. The molecule has 1 aromatic heterocycles. The second kappa shape index (κ2) is 7.91. The highest BCUT2D eigenvalue weighted by Gasteiger charge is 2.39. The summed E-state index contributed by atoms with van der Waals surface area (Å²) in [5.74, 6) is 0.365. The Morgan fingerprint density at radius 3 is 2.35 bits per heavy atom. The number of furan rings is 1. The van der Waals surface area contributed by atoms with Gasteiger partial charge in [-0.1, -0.05) is 37.3 Å². The summed E-state index contributed by atoms with van der Waals surface area (Å²) in [6, 6.07) is 20.9. The normalized spacial score (nSPS) is 13.1. The topological polar surface area (TPSA) is 59.7 Å². The summed E-state index contributed by atoms with van der Waals surface area (Å²) in [7, 11) is 0. The lowest BCUT2D eigenvalue weighted by molar-refractivity contribution is -0.156. The number of carboxylic acids is 1. The lowest BCUT2D eigenvalue weighted by atomic mass is 9.92. The van der Waals surface area contributed by atoms with Gasteiger partial charge in [0.2, 0.25) is 5.60 Å². The van der Waals surface area contributed by atoms with Crippen LogP contribution >= 0.6 is 0 Å². The van der Waals surface area contributed by atoms with E-state index in [2.05, 4.69) is 0 Å². The Hall–Kier alpha value is -3.01. The average molecular weight is 350 g/mol. The van der Waals surface area contributed by atoms with Crippen LogP contribution in [0.4, 0.5) is 0 Å². The van der Waals surface area contributed by atoms with E-state index in [1.807, 2.05) is 61.5 Å². The van der Waals surface area contributed by atoms with E-state index in [0.717, 1.165) is 16.9 Å². The summed E-state index contributed by atoms with van der Waals surface area (Å²) in [6.45, 7) is 1.84. The van der Waals surface area contributed by atoms with Crippen LogP contribution in [-0.4, -0.2) is 16.7 Å². The Labute approximate surface area is 153 Å². The molecule has 1 heterocycles. The molecule has 3 aromatic rings. The molecule has 0 saturated heterocycles. The van der Waals surface area contributed by atoms with Gasteiger partial charge >= 0.3 is 5.97 Å². The Morgan fingerprint density at radius 2 is 1.77 bits per heavy atom. The molecular formula is C22H22O4. The van der Waals surface area contributed by atoms with E-state index in [0.29, 0.717) is 25.0 Å². The third-order valence-electron chi connectivity index (χ3n) is 4.59. The van der Waals surface area contributed by atoms with Crippen LogP contribution in [0.25, 0.3) is 11.3 Å². The van der Waals surface area contributed by atoms with Crippen LogP contribution in [0.3, 0.4) is 0 Å². The van der Waals surface area contributed by atoms with Gasteiger partial charge in [-0.25, -0.2) is 4.79 Å². The fraction of sp³-hybridized carbons (Fsp3) is 0.227. The zero-order valence-corrected chi connectivity index (χ0v) is 14.7. The first kappa shape index (κ1) is 17.8. The van der Waals surface area contributed by atoms with Crippen molar-refractivity contribution < 1.29 is 19.1 Å². The highest BCUT2D eigenvalue weighted by molar-refractivity contribution is 5.78. The standard InChI is InChI=1S/C22H22O4/c1-2-22(21(23)24,15-14-17-7-4-3-5-8-17)26-19-12-10-18(11-13-19)20-9-6-16-25-20/h3-13,16H,2,14-15H2,1H3,(H,23,24)/t22-/m0/s1. The molecule has 0 radical (unpaired) electrons. The molecule has 0 amide bonds. The van der Waals surface area contributed by atoms with Crippen molar-refractivity contribution in [1.29, 1.82) is 0 Å². The maximum Gasteiger partial charge on any atom is 0.348 e. The van der Waals surface area contributed by atoms with Crippen molar-refractivity contribution in [3.63, 3.8) is 0 Å². The Bertz CT molecular complexity index is 822. The Morgan fingerprint density at radius 1 is 1.04 bits per heavy atom. The number of hydrogen-bond donors (Lipinski definition) is 1. The molecule has 1 N–H and O–H groups in total. The number of hydrogen-bond acceptors (Lipinski definition) is 3. The largest absolute Gasteiger partial charge is 0.478 e. The van der Waals surface area contributed by atoms with Crippen LogP contribution in [0.5, 0.6) is 5.75 Å². The van der Waals surface area contributed by atoms with Gasteiger partial charge in [-0.15, -0.1) is 0 Å².